The highest BCUT2D eigenvalue weighted by Crippen LogP contribution is 2.32. The van der Waals surface area contributed by atoms with Crippen LogP contribution in [0.25, 0.3) is 0 Å². The second-order valence-corrected chi connectivity index (χ2v) is 6.21. The van der Waals surface area contributed by atoms with Crippen molar-refractivity contribution >= 4 is 0 Å². The summed E-state index contributed by atoms with van der Waals surface area (Å²) in [5.41, 5.74) is 1.44. The number of hydrogen-bond acceptors (Lipinski definition) is 1. The van der Waals surface area contributed by atoms with Crippen LogP contribution in [0, 0.1) is 17.8 Å². The molecule has 3 atom stereocenters. The highest BCUT2D eigenvalue weighted by atomic mass is 15.2. The van der Waals surface area contributed by atoms with E-state index in [1.807, 2.05) is 0 Å². The summed E-state index contributed by atoms with van der Waals surface area (Å²) < 4.78 is 0. The predicted molar refractivity (Wildman–Crippen MR) is 72.6 cm³/mol. The number of piperidine rings is 1. The molecule has 0 aliphatic carbocycles. The first-order chi connectivity index (χ1) is 7.41. The van der Waals surface area contributed by atoms with Gasteiger partial charge in [0.1, 0.15) is 0 Å². The van der Waals surface area contributed by atoms with Gasteiger partial charge < -0.3 is 0 Å². The van der Waals surface area contributed by atoms with Gasteiger partial charge in [-0.2, -0.15) is 0 Å². The van der Waals surface area contributed by atoms with Gasteiger partial charge in [-0.05, 0) is 44.9 Å². The normalized spacial score (nSPS) is 31.8. The number of nitrogens with zero attached hydrogens (tertiary/aromatic N) is 1. The lowest BCUT2D eigenvalue weighted by atomic mass is 9.76. The lowest BCUT2D eigenvalue weighted by molar-refractivity contribution is 0.0661. The molecule has 0 spiro atoms. The minimum Gasteiger partial charge on any atom is -0.297 e. The zero-order chi connectivity index (χ0) is 12.3. The molecular formula is C15H29N. The van der Waals surface area contributed by atoms with E-state index in [0.717, 1.165) is 30.3 Å². The van der Waals surface area contributed by atoms with Crippen molar-refractivity contribution in [2.24, 2.45) is 17.8 Å². The van der Waals surface area contributed by atoms with Crippen LogP contribution in [0.3, 0.4) is 0 Å². The zero-order valence-electron chi connectivity index (χ0n) is 12.0. The Hall–Kier alpha value is -0.300. The number of hydrogen-bond donors (Lipinski definition) is 0. The highest BCUT2D eigenvalue weighted by molar-refractivity contribution is 4.97. The Kier molecular flexibility index (Phi) is 5.04. The van der Waals surface area contributed by atoms with Gasteiger partial charge in [-0.15, -0.1) is 0 Å². The highest BCUT2D eigenvalue weighted by Gasteiger charge is 2.31. The lowest BCUT2D eigenvalue weighted by Gasteiger charge is -2.43. The van der Waals surface area contributed by atoms with Gasteiger partial charge in [0.15, 0.2) is 0 Å². The van der Waals surface area contributed by atoms with E-state index in [1.54, 1.807) is 0 Å². The number of rotatable bonds is 3. The molecule has 1 heteroatoms. The van der Waals surface area contributed by atoms with Crippen molar-refractivity contribution in [1.29, 1.82) is 0 Å². The van der Waals surface area contributed by atoms with E-state index in [-0.39, 0.29) is 0 Å². The topological polar surface area (TPSA) is 3.24 Å². The van der Waals surface area contributed by atoms with Crippen molar-refractivity contribution in [3.63, 3.8) is 0 Å². The summed E-state index contributed by atoms with van der Waals surface area (Å²) in [5.74, 6) is 2.60. The van der Waals surface area contributed by atoms with Crippen LogP contribution in [-0.4, -0.2) is 24.0 Å². The van der Waals surface area contributed by atoms with Gasteiger partial charge in [-0.25, -0.2) is 0 Å². The molecule has 0 amide bonds. The average Bonchev–Trinajstić information content (AvgIpc) is 2.18. The molecule has 0 saturated carbocycles. The molecule has 0 bridgehead atoms. The van der Waals surface area contributed by atoms with E-state index in [2.05, 4.69) is 52.5 Å². The Bertz CT molecular complexity index is 238. The second-order valence-electron chi connectivity index (χ2n) is 6.21. The van der Waals surface area contributed by atoms with Crippen LogP contribution in [0.2, 0.25) is 0 Å². The van der Waals surface area contributed by atoms with E-state index >= 15 is 0 Å². The second kappa shape index (κ2) is 5.86. The van der Waals surface area contributed by atoms with E-state index < -0.39 is 0 Å². The van der Waals surface area contributed by atoms with Crippen molar-refractivity contribution in [3.8, 4) is 0 Å². The van der Waals surface area contributed by atoms with E-state index in [9.17, 15) is 0 Å². The number of likely N-dealkylation sites (tertiary alicyclic amines) is 1. The third kappa shape index (κ3) is 3.62. The van der Waals surface area contributed by atoms with Crippen molar-refractivity contribution in [1.82, 2.24) is 4.90 Å². The van der Waals surface area contributed by atoms with Crippen LogP contribution >= 0.6 is 0 Å². The summed E-state index contributed by atoms with van der Waals surface area (Å²) in [6, 6.07) is 0.749. The molecule has 1 rings (SSSR count). The minimum atomic E-state index is 0.749. The Labute approximate surface area is 102 Å². The molecule has 1 aliphatic rings. The smallest absolute Gasteiger partial charge is 0.0168 e. The summed E-state index contributed by atoms with van der Waals surface area (Å²) in [5, 5.41) is 0. The standard InChI is InChI=1S/C15H29N/c1-11(2)7-8-16-10-13(5)15(12(3)4)9-14(16)6/h7,12-15H,8-10H2,1-6H3/t13-,14+,15?/m0/s1. The third-order valence-corrected chi connectivity index (χ3v) is 4.08. The molecule has 0 aromatic heterocycles. The Morgan fingerprint density at radius 3 is 2.44 bits per heavy atom. The largest absolute Gasteiger partial charge is 0.297 e. The van der Waals surface area contributed by atoms with E-state index in [0.29, 0.717) is 0 Å². The Morgan fingerprint density at radius 2 is 1.94 bits per heavy atom. The van der Waals surface area contributed by atoms with Crippen molar-refractivity contribution in [2.75, 3.05) is 13.1 Å². The summed E-state index contributed by atoms with van der Waals surface area (Å²) >= 11 is 0. The molecule has 0 N–H and O–H groups in total. The molecule has 1 unspecified atom stereocenters. The average molecular weight is 223 g/mol. The Balaban J connectivity index is 2.56. The summed E-state index contributed by atoms with van der Waals surface area (Å²) in [6.45, 7) is 16.3. The zero-order valence-corrected chi connectivity index (χ0v) is 12.0. The van der Waals surface area contributed by atoms with Gasteiger partial charge in [0.25, 0.3) is 0 Å². The maximum Gasteiger partial charge on any atom is 0.0168 e. The molecule has 1 saturated heterocycles. The molecule has 1 heterocycles. The SMILES string of the molecule is CC(C)=CCN1C[C@H](C)C(C(C)C)C[C@H]1C. The lowest BCUT2D eigenvalue weighted by Crippen LogP contribution is -2.46. The summed E-state index contributed by atoms with van der Waals surface area (Å²) in [6.07, 6.45) is 3.73. The molecule has 0 radical (unpaired) electrons. The van der Waals surface area contributed by atoms with Crippen molar-refractivity contribution < 1.29 is 0 Å². The van der Waals surface area contributed by atoms with Gasteiger partial charge in [0.2, 0.25) is 0 Å². The van der Waals surface area contributed by atoms with Crippen LogP contribution in [0.1, 0.15) is 48.0 Å². The van der Waals surface area contributed by atoms with Gasteiger partial charge in [0, 0.05) is 19.1 Å². The summed E-state index contributed by atoms with van der Waals surface area (Å²) in [7, 11) is 0. The quantitative estimate of drug-likeness (QED) is 0.655. The fraction of sp³-hybridized carbons (Fsp3) is 0.867. The molecule has 1 fully saturated rings. The maximum atomic E-state index is 2.64. The first kappa shape index (κ1) is 13.8. The monoisotopic (exact) mass is 223 g/mol. The van der Waals surface area contributed by atoms with E-state index in [4.69, 9.17) is 0 Å². The fourth-order valence-corrected chi connectivity index (χ4v) is 2.94. The van der Waals surface area contributed by atoms with Crippen LogP contribution < -0.4 is 0 Å². The number of allylic oxidation sites excluding steroid dienone is 1. The third-order valence-electron chi connectivity index (χ3n) is 4.08. The Morgan fingerprint density at radius 1 is 1.31 bits per heavy atom. The first-order valence-electron chi connectivity index (χ1n) is 6.79. The first-order valence-corrected chi connectivity index (χ1v) is 6.79. The predicted octanol–water partition coefficient (Wildman–Crippen LogP) is 3.96. The molecule has 94 valence electrons. The molecule has 0 aromatic rings. The minimum absolute atomic E-state index is 0.749. The van der Waals surface area contributed by atoms with Crippen LogP contribution in [-0.2, 0) is 0 Å². The van der Waals surface area contributed by atoms with Crippen molar-refractivity contribution in [2.45, 2.75) is 54.0 Å². The molecule has 1 nitrogen and oxygen atoms in total. The fourth-order valence-electron chi connectivity index (χ4n) is 2.94. The molecule has 1 aliphatic heterocycles. The van der Waals surface area contributed by atoms with Gasteiger partial charge in [0.05, 0.1) is 0 Å². The van der Waals surface area contributed by atoms with Crippen molar-refractivity contribution in [3.05, 3.63) is 11.6 Å². The van der Waals surface area contributed by atoms with Gasteiger partial charge in [-0.1, -0.05) is 32.4 Å². The molecule has 16 heavy (non-hydrogen) atoms. The van der Waals surface area contributed by atoms with Gasteiger partial charge in [-0.3, -0.25) is 4.90 Å². The van der Waals surface area contributed by atoms with E-state index in [1.165, 1.54) is 18.5 Å². The van der Waals surface area contributed by atoms with Crippen LogP contribution in [0.15, 0.2) is 11.6 Å². The van der Waals surface area contributed by atoms with Crippen LogP contribution in [0.5, 0.6) is 0 Å². The summed E-state index contributed by atoms with van der Waals surface area (Å²) in [4.78, 5) is 2.64. The molecular weight excluding hydrogens is 194 g/mol. The maximum absolute atomic E-state index is 2.64. The van der Waals surface area contributed by atoms with Gasteiger partial charge >= 0.3 is 0 Å². The van der Waals surface area contributed by atoms with Crippen LogP contribution in [0.4, 0.5) is 0 Å². The molecule has 0 aromatic carbocycles.